The number of hydrogen-bond acceptors (Lipinski definition) is 4. The predicted molar refractivity (Wildman–Crippen MR) is 63.9 cm³/mol. The lowest BCUT2D eigenvalue weighted by molar-refractivity contribution is 0.0761. The van der Waals surface area contributed by atoms with Crippen LogP contribution in [0.3, 0.4) is 0 Å². The molecule has 1 heterocycles. The van der Waals surface area contributed by atoms with Gasteiger partial charge in [-0.05, 0) is 18.6 Å². The predicted octanol–water partition coefficient (Wildman–Crippen LogP) is 0.484. The summed E-state index contributed by atoms with van der Waals surface area (Å²) in [6, 6.07) is 5.09. The number of likely N-dealkylation sites (tertiary alicyclic amines) is 1. The Labute approximate surface area is 99.8 Å². The Hall–Kier alpha value is -1.75. The molecule has 17 heavy (non-hydrogen) atoms. The highest BCUT2D eigenvalue weighted by Crippen LogP contribution is 2.27. The number of rotatable bonds is 2. The van der Waals surface area contributed by atoms with Crippen LogP contribution in [0.5, 0.6) is 5.75 Å². The van der Waals surface area contributed by atoms with Crippen LogP contribution in [-0.2, 0) is 0 Å². The van der Waals surface area contributed by atoms with E-state index in [-0.39, 0.29) is 5.91 Å². The average molecular weight is 236 g/mol. The van der Waals surface area contributed by atoms with E-state index in [9.17, 15) is 9.90 Å². The third kappa shape index (κ3) is 2.19. The lowest BCUT2D eigenvalue weighted by Crippen LogP contribution is -2.29. The number of ether oxygens (including phenoxy) is 1. The first-order valence-corrected chi connectivity index (χ1v) is 5.53. The Morgan fingerprint density at radius 2 is 2.35 bits per heavy atom. The number of nitrogens with zero attached hydrogens (tertiary/aromatic N) is 1. The minimum atomic E-state index is -0.425. The van der Waals surface area contributed by atoms with Crippen molar-refractivity contribution in [1.82, 2.24) is 4.90 Å². The van der Waals surface area contributed by atoms with Crippen molar-refractivity contribution in [3.05, 3.63) is 23.8 Å². The van der Waals surface area contributed by atoms with Crippen molar-refractivity contribution in [2.24, 2.45) is 0 Å². The summed E-state index contributed by atoms with van der Waals surface area (Å²) in [5.41, 5.74) is 6.64. The van der Waals surface area contributed by atoms with E-state index >= 15 is 0 Å². The number of methoxy groups -OCH3 is 1. The van der Waals surface area contributed by atoms with Crippen molar-refractivity contribution in [2.45, 2.75) is 12.5 Å². The first kappa shape index (κ1) is 11.7. The van der Waals surface area contributed by atoms with Crippen LogP contribution in [0.2, 0.25) is 0 Å². The molecule has 1 aliphatic heterocycles. The first-order valence-electron chi connectivity index (χ1n) is 5.53. The first-order chi connectivity index (χ1) is 8.13. The molecule has 5 nitrogen and oxygen atoms in total. The molecule has 5 heteroatoms. The number of amides is 1. The van der Waals surface area contributed by atoms with E-state index in [2.05, 4.69) is 0 Å². The Morgan fingerprint density at radius 3 is 2.94 bits per heavy atom. The molecule has 0 unspecified atom stereocenters. The number of anilines is 1. The second-order valence-corrected chi connectivity index (χ2v) is 4.12. The van der Waals surface area contributed by atoms with Crippen molar-refractivity contribution >= 4 is 11.6 Å². The fourth-order valence-corrected chi connectivity index (χ4v) is 2.05. The van der Waals surface area contributed by atoms with Gasteiger partial charge in [0.1, 0.15) is 0 Å². The fourth-order valence-electron chi connectivity index (χ4n) is 2.05. The van der Waals surface area contributed by atoms with Crippen LogP contribution in [0.15, 0.2) is 18.2 Å². The number of hydrogen-bond donors (Lipinski definition) is 2. The highest BCUT2D eigenvalue weighted by atomic mass is 16.5. The maximum absolute atomic E-state index is 12.2. The zero-order valence-corrected chi connectivity index (χ0v) is 9.72. The lowest BCUT2D eigenvalue weighted by Gasteiger charge is -2.18. The fraction of sp³-hybridized carbons (Fsp3) is 0.417. The van der Waals surface area contributed by atoms with Crippen molar-refractivity contribution in [3.63, 3.8) is 0 Å². The zero-order chi connectivity index (χ0) is 12.4. The summed E-state index contributed by atoms with van der Waals surface area (Å²) in [7, 11) is 1.49. The molecule has 0 saturated carbocycles. The highest BCUT2D eigenvalue weighted by molar-refractivity contribution is 5.98. The van der Waals surface area contributed by atoms with Gasteiger partial charge in [0.25, 0.3) is 5.91 Å². The molecule has 2 rings (SSSR count). The molecular weight excluding hydrogens is 220 g/mol. The Morgan fingerprint density at radius 1 is 1.59 bits per heavy atom. The number of β-amino-alcohol motifs (C(OH)–C–C–N with tert-alkyl or cyclic N) is 1. The maximum Gasteiger partial charge on any atom is 0.257 e. The van der Waals surface area contributed by atoms with Crippen molar-refractivity contribution in [1.29, 1.82) is 0 Å². The number of benzene rings is 1. The van der Waals surface area contributed by atoms with Crippen molar-refractivity contribution < 1.29 is 14.6 Å². The van der Waals surface area contributed by atoms with Gasteiger partial charge in [-0.3, -0.25) is 4.79 Å². The molecule has 1 aromatic carbocycles. The number of para-hydroxylation sites is 1. The summed E-state index contributed by atoms with van der Waals surface area (Å²) in [5, 5.41) is 9.43. The molecule has 92 valence electrons. The van der Waals surface area contributed by atoms with Gasteiger partial charge in [0.05, 0.1) is 24.5 Å². The zero-order valence-electron chi connectivity index (χ0n) is 9.72. The number of nitrogens with two attached hydrogens (primary N) is 1. The molecule has 0 bridgehead atoms. The van der Waals surface area contributed by atoms with Crippen LogP contribution in [-0.4, -0.2) is 42.2 Å². The van der Waals surface area contributed by atoms with Gasteiger partial charge in [-0.25, -0.2) is 0 Å². The number of carbonyl (C=O) groups is 1. The van der Waals surface area contributed by atoms with Gasteiger partial charge in [-0.15, -0.1) is 0 Å². The normalized spacial score (nSPS) is 19.4. The molecule has 3 N–H and O–H groups in total. The second kappa shape index (κ2) is 4.63. The number of carbonyl (C=O) groups excluding carboxylic acids is 1. The van der Waals surface area contributed by atoms with Gasteiger partial charge in [0.15, 0.2) is 5.75 Å². The minimum Gasteiger partial charge on any atom is -0.494 e. The molecule has 0 aliphatic carbocycles. The molecule has 1 fully saturated rings. The largest absolute Gasteiger partial charge is 0.494 e. The average Bonchev–Trinajstić information content (AvgIpc) is 2.74. The number of aliphatic hydroxyl groups excluding tert-OH is 1. The van der Waals surface area contributed by atoms with Gasteiger partial charge in [0, 0.05) is 13.1 Å². The number of aliphatic hydroxyl groups is 1. The minimum absolute atomic E-state index is 0.147. The molecule has 1 aliphatic rings. The van der Waals surface area contributed by atoms with Gasteiger partial charge in [-0.2, -0.15) is 0 Å². The summed E-state index contributed by atoms with van der Waals surface area (Å²) in [6.45, 7) is 0.939. The van der Waals surface area contributed by atoms with E-state index in [1.54, 1.807) is 23.1 Å². The monoisotopic (exact) mass is 236 g/mol. The third-order valence-corrected chi connectivity index (χ3v) is 2.93. The van der Waals surface area contributed by atoms with Crippen LogP contribution >= 0.6 is 0 Å². The standard InChI is InChI=1S/C12H16N2O3/c1-17-11-9(3-2-4-10(11)13)12(16)14-6-5-8(15)7-14/h2-4,8,15H,5-7,13H2,1H3/t8-/m0/s1. The summed E-state index contributed by atoms with van der Waals surface area (Å²) < 4.78 is 5.15. The van der Waals surface area contributed by atoms with E-state index in [1.165, 1.54) is 7.11 Å². The molecule has 0 spiro atoms. The quantitative estimate of drug-likeness (QED) is 0.732. The van der Waals surface area contributed by atoms with E-state index in [0.717, 1.165) is 0 Å². The molecule has 1 amide bonds. The van der Waals surface area contributed by atoms with Gasteiger partial charge >= 0.3 is 0 Å². The maximum atomic E-state index is 12.2. The Bertz CT molecular complexity index is 434. The van der Waals surface area contributed by atoms with E-state index < -0.39 is 6.10 Å². The molecule has 0 radical (unpaired) electrons. The Kier molecular flexibility index (Phi) is 3.19. The van der Waals surface area contributed by atoms with Crippen LogP contribution in [0.4, 0.5) is 5.69 Å². The molecule has 1 saturated heterocycles. The third-order valence-electron chi connectivity index (χ3n) is 2.93. The number of nitrogen functional groups attached to an aromatic ring is 1. The topological polar surface area (TPSA) is 75.8 Å². The van der Waals surface area contributed by atoms with Crippen LogP contribution < -0.4 is 10.5 Å². The van der Waals surface area contributed by atoms with E-state index in [4.69, 9.17) is 10.5 Å². The highest BCUT2D eigenvalue weighted by Gasteiger charge is 2.27. The molecule has 1 aromatic rings. The lowest BCUT2D eigenvalue weighted by atomic mass is 10.1. The SMILES string of the molecule is COc1c(N)cccc1C(=O)N1CC[C@H](O)C1. The van der Waals surface area contributed by atoms with Gasteiger partial charge in [-0.1, -0.05) is 6.07 Å². The van der Waals surface area contributed by atoms with Crippen LogP contribution in [0.1, 0.15) is 16.8 Å². The smallest absolute Gasteiger partial charge is 0.257 e. The second-order valence-electron chi connectivity index (χ2n) is 4.12. The molecule has 1 atom stereocenters. The Balaban J connectivity index is 2.28. The summed E-state index contributed by atoms with van der Waals surface area (Å²) in [6.07, 6.45) is 0.196. The summed E-state index contributed by atoms with van der Waals surface area (Å²) in [4.78, 5) is 13.8. The van der Waals surface area contributed by atoms with E-state index in [1.807, 2.05) is 0 Å². The molecule has 0 aromatic heterocycles. The van der Waals surface area contributed by atoms with Crippen LogP contribution in [0, 0.1) is 0 Å². The summed E-state index contributed by atoms with van der Waals surface area (Å²) in [5.74, 6) is 0.254. The van der Waals surface area contributed by atoms with Crippen LogP contribution in [0.25, 0.3) is 0 Å². The van der Waals surface area contributed by atoms with Gasteiger partial charge in [0.2, 0.25) is 0 Å². The van der Waals surface area contributed by atoms with Gasteiger partial charge < -0.3 is 20.5 Å². The summed E-state index contributed by atoms with van der Waals surface area (Å²) >= 11 is 0. The van der Waals surface area contributed by atoms with E-state index in [0.29, 0.717) is 36.5 Å². The molecular formula is C12H16N2O3. The van der Waals surface area contributed by atoms with Crippen molar-refractivity contribution in [3.8, 4) is 5.75 Å². The van der Waals surface area contributed by atoms with Crippen molar-refractivity contribution in [2.75, 3.05) is 25.9 Å².